The van der Waals surface area contributed by atoms with Crippen molar-refractivity contribution in [2.75, 3.05) is 33.3 Å². The SMILES string of the molecule is CCNC(CO)CN(C)CC. The Labute approximate surface area is 69.4 Å². The summed E-state index contributed by atoms with van der Waals surface area (Å²) in [4.78, 5) is 2.18. The van der Waals surface area contributed by atoms with Crippen molar-refractivity contribution in [3.8, 4) is 0 Å². The number of hydrogen-bond acceptors (Lipinski definition) is 3. The van der Waals surface area contributed by atoms with Gasteiger partial charge < -0.3 is 15.3 Å². The highest BCUT2D eigenvalue weighted by atomic mass is 16.3. The lowest BCUT2D eigenvalue weighted by Crippen LogP contribution is -2.41. The van der Waals surface area contributed by atoms with Gasteiger partial charge in [0.2, 0.25) is 0 Å². The van der Waals surface area contributed by atoms with Gasteiger partial charge in [-0.15, -0.1) is 0 Å². The molecule has 0 amide bonds. The molecule has 0 aromatic rings. The second kappa shape index (κ2) is 6.58. The standard InChI is InChI=1S/C8H20N2O/c1-4-9-8(7-11)6-10(3)5-2/h8-9,11H,4-7H2,1-3H3. The van der Waals surface area contributed by atoms with Gasteiger partial charge in [0.1, 0.15) is 0 Å². The number of hydrogen-bond donors (Lipinski definition) is 2. The number of rotatable bonds is 6. The maximum absolute atomic E-state index is 8.91. The van der Waals surface area contributed by atoms with Crippen molar-refractivity contribution in [2.45, 2.75) is 19.9 Å². The van der Waals surface area contributed by atoms with E-state index in [4.69, 9.17) is 5.11 Å². The first-order chi connectivity index (χ1) is 5.24. The molecule has 11 heavy (non-hydrogen) atoms. The highest BCUT2D eigenvalue weighted by molar-refractivity contribution is 4.67. The van der Waals surface area contributed by atoms with Gasteiger partial charge in [-0.05, 0) is 20.1 Å². The lowest BCUT2D eigenvalue weighted by atomic mass is 10.3. The smallest absolute Gasteiger partial charge is 0.0597 e. The summed E-state index contributed by atoms with van der Waals surface area (Å²) in [6, 6.07) is 0.227. The summed E-state index contributed by atoms with van der Waals surface area (Å²) in [7, 11) is 2.06. The van der Waals surface area contributed by atoms with Crippen LogP contribution in [0.3, 0.4) is 0 Å². The van der Waals surface area contributed by atoms with Crippen LogP contribution in [0.25, 0.3) is 0 Å². The minimum Gasteiger partial charge on any atom is -0.395 e. The molecular weight excluding hydrogens is 140 g/mol. The van der Waals surface area contributed by atoms with Crippen molar-refractivity contribution in [1.82, 2.24) is 10.2 Å². The minimum atomic E-state index is 0.220. The highest BCUT2D eigenvalue weighted by Gasteiger charge is 2.06. The average Bonchev–Trinajstić information content (AvgIpc) is 2.03. The topological polar surface area (TPSA) is 35.5 Å². The van der Waals surface area contributed by atoms with E-state index in [0.29, 0.717) is 0 Å². The summed E-state index contributed by atoms with van der Waals surface area (Å²) in [5, 5.41) is 12.1. The molecule has 1 atom stereocenters. The van der Waals surface area contributed by atoms with Crippen LogP contribution >= 0.6 is 0 Å². The predicted molar refractivity (Wildman–Crippen MR) is 47.7 cm³/mol. The van der Waals surface area contributed by atoms with Gasteiger partial charge in [0, 0.05) is 12.6 Å². The Balaban J connectivity index is 3.49. The van der Waals surface area contributed by atoms with Crippen LogP contribution in [-0.4, -0.2) is 49.3 Å². The molecule has 0 aliphatic heterocycles. The molecule has 3 nitrogen and oxygen atoms in total. The third kappa shape index (κ3) is 5.18. The Morgan fingerprint density at radius 1 is 1.45 bits per heavy atom. The zero-order chi connectivity index (χ0) is 8.69. The second-order valence-corrected chi connectivity index (χ2v) is 2.79. The van der Waals surface area contributed by atoms with Crippen molar-refractivity contribution >= 4 is 0 Å². The second-order valence-electron chi connectivity index (χ2n) is 2.79. The Hall–Kier alpha value is -0.120. The predicted octanol–water partition coefficient (Wildman–Crippen LogP) is -0.0915. The average molecular weight is 160 g/mol. The van der Waals surface area contributed by atoms with Crippen LogP contribution in [0.1, 0.15) is 13.8 Å². The summed E-state index contributed by atoms with van der Waals surface area (Å²) in [6.45, 7) is 7.25. The molecule has 0 fully saturated rings. The molecule has 2 N–H and O–H groups in total. The lowest BCUT2D eigenvalue weighted by molar-refractivity contribution is 0.203. The fourth-order valence-electron chi connectivity index (χ4n) is 0.981. The van der Waals surface area contributed by atoms with Crippen LogP contribution in [0.15, 0.2) is 0 Å². The molecule has 3 heteroatoms. The zero-order valence-corrected chi connectivity index (χ0v) is 7.80. The van der Waals surface area contributed by atoms with Gasteiger partial charge in [-0.2, -0.15) is 0 Å². The van der Waals surface area contributed by atoms with Crippen LogP contribution in [0, 0.1) is 0 Å². The molecule has 0 aliphatic carbocycles. The maximum Gasteiger partial charge on any atom is 0.0597 e. The van der Waals surface area contributed by atoms with E-state index >= 15 is 0 Å². The van der Waals surface area contributed by atoms with Crippen LogP contribution < -0.4 is 5.32 Å². The number of aliphatic hydroxyl groups is 1. The Kier molecular flexibility index (Phi) is 6.51. The summed E-state index contributed by atoms with van der Waals surface area (Å²) < 4.78 is 0. The first kappa shape index (κ1) is 10.9. The third-order valence-electron chi connectivity index (χ3n) is 1.79. The highest BCUT2D eigenvalue weighted by Crippen LogP contribution is 1.87. The summed E-state index contributed by atoms with van der Waals surface area (Å²) in [5.41, 5.74) is 0. The van der Waals surface area contributed by atoms with Gasteiger partial charge >= 0.3 is 0 Å². The molecule has 0 saturated carbocycles. The number of aliphatic hydroxyl groups excluding tert-OH is 1. The number of nitrogens with zero attached hydrogens (tertiary/aromatic N) is 1. The molecule has 0 aromatic heterocycles. The van der Waals surface area contributed by atoms with Crippen molar-refractivity contribution in [3.63, 3.8) is 0 Å². The van der Waals surface area contributed by atoms with Crippen LogP contribution in [0.5, 0.6) is 0 Å². The Morgan fingerprint density at radius 2 is 2.09 bits per heavy atom. The summed E-state index contributed by atoms with van der Waals surface area (Å²) in [6.07, 6.45) is 0. The van der Waals surface area contributed by atoms with Crippen molar-refractivity contribution in [3.05, 3.63) is 0 Å². The molecular formula is C8H20N2O. The van der Waals surface area contributed by atoms with Gasteiger partial charge in [-0.1, -0.05) is 13.8 Å². The Morgan fingerprint density at radius 3 is 2.45 bits per heavy atom. The Bertz CT molecular complexity index is 88.2. The molecule has 0 aromatic carbocycles. The van der Waals surface area contributed by atoms with Gasteiger partial charge in [-0.3, -0.25) is 0 Å². The van der Waals surface area contributed by atoms with Crippen molar-refractivity contribution < 1.29 is 5.11 Å². The van der Waals surface area contributed by atoms with Crippen LogP contribution in [0.4, 0.5) is 0 Å². The van der Waals surface area contributed by atoms with E-state index in [1.54, 1.807) is 0 Å². The normalized spacial score (nSPS) is 13.9. The van der Waals surface area contributed by atoms with E-state index in [1.165, 1.54) is 0 Å². The lowest BCUT2D eigenvalue weighted by Gasteiger charge is -2.21. The number of nitrogens with one attached hydrogen (secondary N) is 1. The van der Waals surface area contributed by atoms with E-state index in [2.05, 4.69) is 31.1 Å². The molecule has 1 unspecified atom stereocenters. The van der Waals surface area contributed by atoms with Crippen molar-refractivity contribution in [1.29, 1.82) is 0 Å². The van der Waals surface area contributed by atoms with Gasteiger partial charge in [-0.25, -0.2) is 0 Å². The van der Waals surface area contributed by atoms with Crippen molar-refractivity contribution in [2.24, 2.45) is 0 Å². The van der Waals surface area contributed by atoms with Gasteiger partial charge in [0.05, 0.1) is 6.61 Å². The molecule has 0 radical (unpaired) electrons. The van der Waals surface area contributed by atoms with E-state index < -0.39 is 0 Å². The fraction of sp³-hybridized carbons (Fsp3) is 1.00. The molecule has 0 rings (SSSR count). The minimum absolute atomic E-state index is 0.220. The van der Waals surface area contributed by atoms with E-state index in [9.17, 15) is 0 Å². The zero-order valence-electron chi connectivity index (χ0n) is 7.80. The van der Waals surface area contributed by atoms with E-state index in [1.807, 2.05) is 0 Å². The van der Waals surface area contributed by atoms with E-state index in [-0.39, 0.29) is 12.6 Å². The van der Waals surface area contributed by atoms with Crippen LogP contribution in [-0.2, 0) is 0 Å². The maximum atomic E-state index is 8.91. The molecule has 0 aliphatic rings. The molecule has 0 spiro atoms. The largest absolute Gasteiger partial charge is 0.395 e. The third-order valence-corrected chi connectivity index (χ3v) is 1.79. The number of likely N-dealkylation sites (N-methyl/N-ethyl adjacent to an activating group) is 2. The van der Waals surface area contributed by atoms with Gasteiger partial charge in [0.15, 0.2) is 0 Å². The summed E-state index contributed by atoms with van der Waals surface area (Å²) in [5.74, 6) is 0. The fourth-order valence-corrected chi connectivity index (χ4v) is 0.981. The quantitative estimate of drug-likeness (QED) is 0.570. The molecule has 0 heterocycles. The molecule has 0 bridgehead atoms. The van der Waals surface area contributed by atoms with Crippen LogP contribution in [0.2, 0.25) is 0 Å². The first-order valence-electron chi connectivity index (χ1n) is 4.27. The molecule has 68 valence electrons. The van der Waals surface area contributed by atoms with E-state index in [0.717, 1.165) is 19.6 Å². The summed E-state index contributed by atoms with van der Waals surface area (Å²) >= 11 is 0. The van der Waals surface area contributed by atoms with Gasteiger partial charge in [0.25, 0.3) is 0 Å². The first-order valence-corrected chi connectivity index (χ1v) is 4.27. The molecule has 0 saturated heterocycles. The monoisotopic (exact) mass is 160 g/mol.